The van der Waals surface area contributed by atoms with Crippen LogP contribution in [0.1, 0.15) is 0 Å². The van der Waals surface area contributed by atoms with E-state index in [1.54, 1.807) is 0 Å². The van der Waals surface area contributed by atoms with E-state index in [2.05, 4.69) is 0 Å². The number of rotatable bonds is 0. The minimum atomic E-state index is -4.20. The van der Waals surface area contributed by atoms with Crippen molar-refractivity contribution >= 4 is 48.9 Å². The van der Waals surface area contributed by atoms with Crippen LogP contribution in [0.5, 0.6) is 0 Å². The molecule has 0 atom stereocenters. The molecule has 0 radical (unpaired) electrons. The van der Waals surface area contributed by atoms with Crippen molar-refractivity contribution in [2.45, 2.75) is 0 Å². The van der Waals surface area contributed by atoms with Gasteiger partial charge in [0.1, 0.15) is 0 Å². The van der Waals surface area contributed by atoms with Gasteiger partial charge in [0.15, 0.2) is 0 Å². The fourth-order valence-electron chi connectivity index (χ4n) is 0. The Bertz CT molecular complexity index is 298. The van der Waals surface area contributed by atoms with Gasteiger partial charge in [-0.3, -0.25) is 0 Å². The first-order valence-electron chi connectivity index (χ1n) is 2.19. The van der Waals surface area contributed by atoms with Crippen LogP contribution in [0.2, 0.25) is 0 Å². The first-order valence-corrected chi connectivity index (χ1v) is 13.0. The molecule has 0 aromatic carbocycles. The van der Waals surface area contributed by atoms with Crippen molar-refractivity contribution in [3.63, 3.8) is 0 Å². The van der Waals surface area contributed by atoms with Crippen LogP contribution in [0.15, 0.2) is 0 Å². The zero-order valence-electron chi connectivity index (χ0n) is 7.71. The molecule has 0 saturated carbocycles. The maximum atomic E-state index is 8.60. The zero-order valence-corrected chi connectivity index (χ0v) is 21.9. The van der Waals surface area contributed by atoms with Crippen LogP contribution >= 0.6 is 0 Å². The molecule has 0 aliphatic heterocycles. The van der Waals surface area contributed by atoms with Crippen LogP contribution in [-0.2, 0) is 118 Å². The van der Waals surface area contributed by atoms with Crippen molar-refractivity contribution in [3.8, 4) is 0 Å². The van der Waals surface area contributed by atoms with E-state index < -0.39 is 75.1 Å². The monoisotopic (exact) mass is 759 g/mol. The van der Waals surface area contributed by atoms with Gasteiger partial charge < -0.3 is 0 Å². The fourth-order valence-corrected chi connectivity index (χ4v) is 0. The summed E-state index contributed by atoms with van der Waals surface area (Å²) in [7, 11) is 0. The average molecular weight is 760 g/mol. The summed E-state index contributed by atoms with van der Waals surface area (Å²) in [5.74, 6) is 0. The van der Waals surface area contributed by atoms with Crippen LogP contribution in [0.4, 0.5) is 0 Å². The van der Waals surface area contributed by atoms with Gasteiger partial charge in [0.25, 0.3) is 0 Å². The zero-order chi connectivity index (χ0) is 14.3. The second kappa shape index (κ2) is 32.3. The first-order chi connectivity index (χ1) is 6.93. The number of hydrogen-bond acceptors (Lipinski definition) is 12. The Hall–Kier alpha value is 3.27. The Balaban J connectivity index is -0.0000000257. The van der Waals surface area contributed by atoms with Crippen LogP contribution in [-0.4, -0.2) is 48.9 Å². The minimum absolute atomic E-state index is 0. The Morgan fingerprint density at radius 3 is 0.444 bits per heavy atom. The normalized spacial score (nSPS) is 5.56. The topological polar surface area (TPSA) is 229 Å². The molecule has 0 amide bonds. The van der Waals surface area contributed by atoms with Crippen molar-refractivity contribution in [1.82, 2.24) is 0 Å². The van der Waals surface area contributed by atoms with Crippen LogP contribution in [0, 0.1) is 0 Å². The van der Waals surface area contributed by atoms with Crippen molar-refractivity contribution in [2.24, 2.45) is 0 Å². The molecule has 0 aromatic rings. The van der Waals surface area contributed by atoms with Gasteiger partial charge in [-0.25, -0.2) is 0 Å². The van der Waals surface area contributed by atoms with Crippen LogP contribution in [0.25, 0.3) is 0 Å². The first kappa shape index (κ1) is 37.5. The van der Waals surface area contributed by atoms with Crippen molar-refractivity contribution < 1.29 is 132 Å². The third-order valence-corrected chi connectivity index (χ3v) is 0. The standard InChI is InChI=1S/Ba.4Nb.Ni.12O/q+2;;;;;+2;;;;;;;;;4*-1. The summed E-state index contributed by atoms with van der Waals surface area (Å²) in [5.41, 5.74) is 0. The molecule has 0 aliphatic rings. The summed E-state index contributed by atoms with van der Waals surface area (Å²) in [6.07, 6.45) is 0. The second-order valence-corrected chi connectivity index (χ2v) is 5.29. The summed E-state index contributed by atoms with van der Waals surface area (Å²) in [4.78, 5) is 0. The molecular formula is BaNb4NiO12. The molecule has 0 aromatic heterocycles. The van der Waals surface area contributed by atoms with Gasteiger partial charge in [0.2, 0.25) is 0 Å². The molecule has 0 rings (SSSR count). The van der Waals surface area contributed by atoms with Gasteiger partial charge >= 0.3 is 181 Å². The van der Waals surface area contributed by atoms with Gasteiger partial charge in [-0.2, -0.15) is 0 Å². The Labute approximate surface area is 177 Å². The molecule has 0 N–H and O–H groups in total. The second-order valence-electron chi connectivity index (χ2n) is 0.894. The molecular weight excluding hydrogens is 760 g/mol. The molecule has 0 saturated heterocycles. The summed E-state index contributed by atoms with van der Waals surface area (Å²) in [6, 6.07) is 0. The quantitative estimate of drug-likeness (QED) is 0.210. The Morgan fingerprint density at radius 1 is 0.444 bits per heavy atom. The molecule has 104 valence electrons. The van der Waals surface area contributed by atoms with Crippen molar-refractivity contribution in [3.05, 3.63) is 0 Å². The summed E-state index contributed by atoms with van der Waals surface area (Å²) < 4.78 is 103. The Kier molecular flexibility index (Phi) is 67.2. The third kappa shape index (κ3) is 603. The maximum absolute atomic E-state index is 8.60. The van der Waals surface area contributed by atoms with Gasteiger partial charge in [-0.15, -0.1) is 0 Å². The SMILES string of the molecule is [Ba+2].[Ni+2].[O]=[Nb](=[O])[O-].[O]=[Nb](=[O])[O-].[O]=[Nb](=[O])[O-].[O]=[Nb](=[O])[O-]. The number of hydrogen-bond donors (Lipinski definition) is 0. The van der Waals surface area contributed by atoms with Crippen LogP contribution in [0.3, 0.4) is 0 Å². The predicted molar refractivity (Wildman–Crippen MR) is 11.2 cm³/mol. The van der Waals surface area contributed by atoms with Crippen LogP contribution < -0.4 is 14.5 Å². The van der Waals surface area contributed by atoms with E-state index in [4.69, 9.17) is 40.5 Å². The molecule has 0 spiro atoms. The summed E-state index contributed by atoms with van der Waals surface area (Å²) in [5, 5.41) is 0. The van der Waals surface area contributed by atoms with Crippen molar-refractivity contribution in [1.29, 1.82) is 0 Å². The van der Waals surface area contributed by atoms with Crippen molar-refractivity contribution in [2.75, 3.05) is 0 Å². The molecule has 18 heteroatoms. The van der Waals surface area contributed by atoms with E-state index >= 15 is 0 Å². The van der Waals surface area contributed by atoms with E-state index in [9.17, 15) is 0 Å². The van der Waals surface area contributed by atoms with Gasteiger partial charge in [0.05, 0.1) is 0 Å². The molecule has 0 fully saturated rings. The molecule has 0 aliphatic carbocycles. The third-order valence-electron chi connectivity index (χ3n) is 0. The molecule has 0 bridgehead atoms. The summed E-state index contributed by atoms with van der Waals surface area (Å²) in [6.45, 7) is 0. The summed E-state index contributed by atoms with van der Waals surface area (Å²) >= 11 is -16.8. The Morgan fingerprint density at radius 2 is 0.444 bits per heavy atom. The van der Waals surface area contributed by atoms with E-state index in [1.807, 2.05) is 0 Å². The van der Waals surface area contributed by atoms with E-state index in [-0.39, 0.29) is 65.4 Å². The average Bonchev–Trinajstić information content (AvgIpc) is 1.76. The van der Waals surface area contributed by atoms with E-state index in [0.717, 1.165) is 0 Å². The van der Waals surface area contributed by atoms with Gasteiger partial charge in [-0.05, 0) is 0 Å². The van der Waals surface area contributed by atoms with Gasteiger partial charge in [0, 0.05) is 0 Å². The molecule has 18 heavy (non-hydrogen) atoms. The molecule has 12 nitrogen and oxygen atoms in total. The van der Waals surface area contributed by atoms with E-state index in [1.165, 1.54) is 0 Å². The molecule has 0 heterocycles. The fraction of sp³-hybridized carbons (Fsp3) is 0. The van der Waals surface area contributed by atoms with E-state index in [0.29, 0.717) is 0 Å². The molecule has 0 unspecified atom stereocenters. The predicted octanol–water partition coefficient (Wildman–Crippen LogP) is -6.10. The van der Waals surface area contributed by atoms with Gasteiger partial charge in [-0.1, -0.05) is 0 Å².